The SMILES string of the molecule is COC(=O)[C@H]1O[C@]2(c3ccc(OC)cc3)CC(C#N)(C#N)[C@]3(C(=O)OC)C(=NC(C)(C)C)[C@@]1(C(=O)OC)[C@@]32C(=O)OC. The second kappa shape index (κ2) is 9.53. The maximum Gasteiger partial charge on any atom is 0.336 e. The molecule has 1 aliphatic heterocycles. The van der Waals surface area contributed by atoms with Gasteiger partial charge >= 0.3 is 23.9 Å². The molecule has 5 atom stereocenters. The lowest BCUT2D eigenvalue weighted by Crippen LogP contribution is -2.85. The van der Waals surface area contributed by atoms with Crippen molar-refractivity contribution in [3.63, 3.8) is 0 Å². The highest BCUT2D eigenvalue weighted by atomic mass is 16.6. The van der Waals surface area contributed by atoms with Crippen LogP contribution >= 0.6 is 0 Å². The van der Waals surface area contributed by atoms with E-state index in [2.05, 4.69) is 4.99 Å². The Hall–Kier alpha value is -4.49. The molecule has 0 spiro atoms. The molecule has 0 N–H and O–H groups in total. The molecular formula is C29H31N3O10. The largest absolute Gasteiger partial charge is 0.497 e. The number of esters is 4. The monoisotopic (exact) mass is 581 g/mol. The standard InChI is InChI=1S/C29H31N3O10/c1-24(2,3)32-20-27(21(34)39-6)18(19(33)38-5)42-26(16-9-11-17(37-4)12-10-16)13-25(14-30,15-31)28(20,22(35)40-7)29(26,27)23(36)41-8/h9-12,18H,13H2,1-8H3/t18-,26+,27+,28-,29+/m1/s1. The highest BCUT2D eigenvalue weighted by Crippen LogP contribution is 2.89. The van der Waals surface area contributed by atoms with Crippen molar-refractivity contribution in [2.24, 2.45) is 26.7 Å². The van der Waals surface area contributed by atoms with E-state index in [1.165, 1.54) is 31.4 Å². The van der Waals surface area contributed by atoms with Crippen molar-refractivity contribution < 1.29 is 47.6 Å². The Morgan fingerprint density at radius 3 is 1.86 bits per heavy atom. The summed E-state index contributed by atoms with van der Waals surface area (Å²) in [5.74, 6) is -4.32. The van der Waals surface area contributed by atoms with E-state index in [1.54, 1.807) is 20.8 Å². The van der Waals surface area contributed by atoms with Gasteiger partial charge in [0.1, 0.15) is 16.8 Å². The van der Waals surface area contributed by atoms with Gasteiger partial charge < -0.3 is 28.4 Å². The summed E-state index contributed by atoms with van der Waals surface area (Å²) in [5.41, 5.74) is -13.8. The summed E-state index contributed by atoms with van der Waals surface area (Å²) in [6.07, 6.45) is -2.59. The average Bonchev–Trinajstić information content (AvgIpc) is 3.35. The highest BCUT2D eigenvalue weighted by Gasteiger charge is 3.07. The summed E-state index contributed by atoms with van der Waals surface area (Å²) in [7, 11) is 5.52. The van der Waals surface area contributed by atoms with Gasteiger partial charge in [0.15, 0.2) is 22.3 Å². The summed E-state index contributed by atoms with van der Waals surface area (Å²) >= 11 is 0. The lowest BCUT2D eigenvalue weighted by atomic mass is 9.30. The average molecular weight is 582 g/mol. The fraction of sp³-hybridized carbons (Fsp3) is 0.552. The van der Waals surface area contributed by atoms with Crippen LogP contribution in [0.25, 0.3) is 0 Å². The third-order valence-electron chi connectivity index (χ3n) is 8.65. The molecule has 1 heterocycles. The number of nitriles is 2. The van der Waals surface area contributed by atoms with E-state index in [0.717, 1.165) is 28.4 Å². The van der Waals surface area contributed by atoms with Crippen LogP contribution in [-0.4, -0.2) is 76.8 Å². The minimum absolute atomic E-state index is 0.142. The molecule has 0 bridgehead atoms. The number of carbonyl (C=O) groups is 4. The van der Waals surface area contributed by atoms with Crippen LogP contribution in [-0.2, 0) is 48.5 Å². The van der Waals surface area contributed by atoms with E-state index in [0.29, 0.717) is 5.75 Å². The molecule has 2 aliphatic carbocycles. The molecule has 2 saturated carbocycles. The van der Waals surface area contributed by atoms with Gasteiger partial charge in [0.2, 0.25) is 0 Å². The fourth-order valence-corrected chi connectivity index (χ4v) is 7.49. The van der Waals surface area contributed by atoms with Gasteiger partial charge in [0.05, 0.1) is 58.9 Å². The van der Waals surface area contributed by atoms with Crippen LogP contribution in [0.1, 0.15) is 32.8 Å². The maximum atomic E-state index is 14.5. The van der Waals surface area contributed by atoms with E-state index in [1.807, 2.05) is 12.1 Å². The summed E-state index contributed by atoms with van der Waals surface area (Å²) in [4.78, 5) is 61.3. The van der Waals surface area contributed by atoms with Crippen LogP contribution in [0.15, 0.2) is 29.3 Å². The molecule has 0 radical (unpaired) electrons. The number of hydrogen-bond acceptors (Lipinski definition) is 13. The third kappa shape index (κ3) is 2.96. The van der Waals surface area contributed by atoms with Crippen molar-refractivity contribution in [2.45, 2.75) is 44.4 Å². The Labute approximate surface area is 242 Å². The van der Waals surface area contributed by atoms with Crippen molar-refractivity contribution in [1.82, 2.24) is 0 Å². The Balaban J connectivity index is 2.41. The van der Waals surface area contributed by atoms with Crippen LogP contribution in [0, 0.1) is 44.3 Å². The normalized spacial score (nSPS) is 32.8. The first kappa shape index (κ1) is 30.5. The minimum atomic E-state index is -2.62. The molecule has 0 amide bonds. The van der Waals surface area contributed by atoms with E-state index in [-0.39, 0.29) is 5.56 Å². The van der Waals surface area contributed by atoms with Gasteiger partial charge in [-0.05, 0) is 38.5 Å². The Morgan fingerprint density at radius 2 is 1.43 bits per heavy atom. The first-order valence-corrected chi connectivity index (χ1v) is 12.8. The van der Waals surface area contributed by atoms with Crippen molar-refractivity contribution in [2.75, 3.05) is 35.5 Å². The van der Waals surface area contributed by atoms with Crippen LogP contribution in [0.4, 0.5) is 0 Å². The topological polar surface area (TPSA) is 184 Å². The summed E-state index contributed by atoms with van der Waals surface area (Å²) in [5, 5.41) is 21.5. The quantitative estimate of drug-likeness (QED) is 0.350. The first-order chi connectivity index (χ1) is 19.7. The number of hydrogen-bond donors (Lipinski definition) is 0. The Kier molecular flexibility index (Phi) is 6.91. The maximum absolute atomic E-state index is 14.5. The van der Waals surface area contributed by atoms with Crippen molar-refractivity contribution in [1.29, 1.82) is 10.5 Å². The zero-order chi connectivity index (χ0) is 31.5. The van der Waals surface area contributed by atoms with Gasteiger partial charge in [-0.1, -0.05) is 12.1 Å². The molecule has 13 heteroatoms. The fourth-order valence-electron chi connectivity index (χ4n) is 7.49. The molecule has 1 aromatic carbocycles. The highest BCUT2D eigenvalue weighted by molar-refractivity contribution is 6.33. The lowest BCUT2D eigenvalue weighted by Gasteiger charge is -2.64. The number of methoxy groups -OCH3 is 5. The molecule has 3 fully saturated rings. The number of nitrogens with zero attached hydrogens (tertiary/aromatic N) is 3. The molecule has 4 rings (SSSR count). The van der Waals surface area contributed by atoms with Gasteiger partial charge in [-0.3, -0.25) is 19.4 Å². The second-order valence-electron chi connectivity index (χ2n) is 11.3. The number of rotatable bonds is 6. The van der Waals surface area contributed by atoms with Crippen LogP contribution in [0.2, 0.25) is 0 Å². The van der Waals surface area contributed by atoms with Crippen molar-refractivity contribution >= 4 is 29.6 Å². The van der Waals surface area contributed by atoms with Gasteiger partial charge in [0, 0.05) is 6.42 Å². The lowest BCUT2D eigenvalue weighted by molar-refractivity contribution is -0.206. The molecule has 42 heavy (non-hydrogen) atoms. The van der Waals surface area contributed by atoms with E-state index in [9.17, 15) is 29.7 Å². The first-order valence-electron chi connectivity index (χ1n) is 12.8. The van der Waals surface area contributed by atoms with Gasteiger partial charge in [0.25, 0.3) is 0 Å². The van der Waals surface area contributed by atoms with Crippen LogP contribution in [0.3, 0.4) is 0 Å². The molecule has 0 aromatic heterocycles. The molecule has 1 aromatic rings. The van der Waals surface area contributed by atoms with Gasteiger partial charge in [-0.15, -0.1) is 0 Å². The summed E-state index contributed by atoms with van der Waals surface area (Å²) in [6.45, 7) is 4.88. The molecular weight excluding hydrogens is 550 g/mol. The molecule has 1 saturated heterocycles. The Bertz CT molecular complexity index is 1470. The minimum Gasteiger partial charge on any atom is -0.497 e. The number of ether oxygens (including phenoxy) is 6. The zero-order valence-corrected chi connectivity index (χ0v) is 24.5. The van der Waals surface area contributed by atoms with Crippen molar-refractivity contribution in [3.05, 3.63) is 29.8 Å². The number of aliphatic imine (C=N–C) groups is 1. The summed E-state index contributed by atoms with van der Waals surface area (Å²) < 4.78 is 32.6. The molecule has 3 aliphatic rings. The third-order valence-corrected chi connectivity index (χ3v) is 8.65. The Morgan fingerprint density at radius 1 is 0.881 bits per heavy atom. The second-order valence-corrected chi connectivity index (χ2v) is 11.3. The number of carbonyl (C=O) groups excluding carboxylic acids is 4. The number of benzene rings is 1. The van der Waals surface area contributed by atoms with E-state index < -0.39 is 74.9 Å². The van der Waals surface area contributed by atoms with Crippen LogP contribution < -0.4 is 4.74 Å². The van der Waals surface area contributed by atoms with Gasteiger partial charge in [-0.25, -0.2) is 4.79 Å². The van der Waals surface area contributed by atoms with E-state index in [4.69, 9.17) is 28.4 Å². The van der Waals surface area contributed by atoms with Gasteiger partial charge in [-0.2, -0.15) is 10.5 Å². The predicted octanol–water partition coefficient (Wildman–Crippen LogP) is 1.63. The zero-order valence-electron chi connectivity index (χ0n) is 24.5. The predicted molar refractivity (Wildman–Crippen MR) is 140 cm³/mol. The van der Waals surface area contributed by atoms with E-state index >= 15 is 0 Å². The van der Waals surface area contributed by atoms with Crippen molar-refractivity contribution in [3.8, 4) is 17.9 Å². The molecule has 0 unspecified atom stereocenters. The molecule has 13 nitrogen and oxygen atoms in total. The van der Waals surface area contributed by atoms with Crippen LogP contribution in [0.5, 0.6) is 5.75 Å². The smallest absolute Gasteiger partial charge is 0.336 e. The molecule has 222 valence electrons. The summed E-state index contributed by atoms with van der Waals surface area (Å²) in [6, 6.07) is 9.89.